The number of fused-ring (bicyclic) bond motifs is 1. The molecule has 3 aromatic rings. The molecule has 2 heterocycles. The fraction of sp³-hybridized carbons (Fsp3) is 0.125. The zero-order valence-electron chi connectivity index (χ0n) is 12.2. The standard InChI is InChI=1S/C16H12N4O3/c1-22-12-5-4-10(9-11(12)19-14(21)6-7-17)16-20-15-13(23-16)3-2-8-18-15/h2-5,8-9H,6H2,1H3,(H,19,21). The molecule has 0 aliphatic heterocycles. The molecule has 0 spiro atoms. The monoisotopic (exact) mass is 308 g/mol. The molecule has 3 rings (SSSR count). The van der Waals surface area contributed by atoms with Crippen molar-refractivity contribution in [3.05, 3.63) is 36.5 Å². The summed E-state index contributed by atoms with van der Waals surface area (Å²) < 4.78 is 10.9. The molecule has 1 amide bonds. The SMILES string of the molecule is COc1ccc(-c2nc3ncccc3o2)cc1NC(=O)CC#N. The minimum absolute atomic E-state index is 0.236. The maximum atomic E-state index is 11.6. The summed E-state index contributed by atoms with van der Waals surface area (Å²) in [5.41, 5.74) is 2.19. The van der Waals surface area contributed by atoms with Gasteiger partial charge in [-0.1, -0.05) is 0 Å². The van der Waals surface area contributed by atoms with Gasteiger partial charge in [0.2, 0.25) is 11.8 Å². The number of carbonyl (C=O) groups excluding carboxylic acids is 1. The summed E-state index contributed by atoms with van der Waals surface area (Å²) in [6, 6.07) is 10.5. The van der Waals surface area contributed by atoms with E-state index in [-0.39, 0.29) is 6.42 Å². The molecule has 7 nitrogen and oxygen atoms in total. The highest BCUT2D eigenvalue weighted by molar-refractivity contribution is 5.94. The Balaban J connectivity index is 1.99. The molecule has 2 aromatic heterocycles. The van der Waals surface area contributed by atoms with Crippen LogP contribution in [0.2, 0.25) is 0 Å². The topological polar surface area (TPSA) is 101 Å². The average molecular weight is 308 g/mol. The van der Waals surface area contributed by atoms with Crippen LogP contribution in [0.15, 0.2) is 40.9 Å². The van der Waals surface area contributed by atoms with Crippen LogP contribution in [-0.2, 0) is 4.79 Å². The Morgan fingerprint density at radius 3 is 3.04 bits per heavy atom. The van der Waals surface area contributed by atoms with E-state index in [1.54, 1.807) is 42.6 Å². The first-order valence-corrected chi connectivity index (χ1v) is 6.78. The molecule has 7 heteroatoms. The number of nitriles is 1. The molecular weight excluding hydrogens is 296 g/mol. The maximum absolute atomic E-state index is 11.6. The van der Waals surface area contributed by atoms with Crippen LogP contribution >= 0.6 is 0 Å². The average Bonchev–Trinajstić information content (AvgIpc) is 2.99. The second-order valence-corrected chi connectivity index (χ2v) is 4.64. The van der Waals surface area contributed by atoms with Gasteiger partial charge < -0.3 is 14.5 Å². The lowest BCUT2D eigenvalue weighted by Gasteiger charge is -2.10. The van der Waals surface area contributed by atoms with Crippen LogP contribution in [0.25, 0.3) is 22.7 Å². The highest BCUT2D eigenvalue weighted by Gasteiger charge is 2.13. The molecule has 1 aromatic carbocycles. The van der Waals surface area contributed by atoms with Gasteiger partial charge in [-0.05, 0) is 30.3 Å². The zero-order chi connectivity index (χ0) is 16.2. The van der Waals surface area contributed by atoms with Gasteiger partial charge in [0.1, 0.15) is 12.2 Å². The lowest BCUT2D eigenvalue weighted by molar-refractivity contribution is -0.115. The number of amides is 1. The predicted molar refractivity (Wildman–Crippen MR) is 82.7 cm³/mol. The number of nitrogens with zero attached hydrogens (tertiary/aromatic N) is 3. The van der Waals surface area contributed by atoms with Gasteiger partial charge in [-0.15, -0.1) is 0 Å². The Morgan fingerprint density at radius 2 is 2.30 bits per heavy atom. The molecular formula is C16H12N4O3. The first kappa shape index (κ1) is 14.5. The lowest BCUT2D eigenvalue weighted by atomic mass is 10.2. The summed E-state index contributed by atoms with van der Waals surface area (Å²) in [4.78, 5) is 20.1. The van der Waals surface area contributed by atoms with Gasteiger partial charge in [0.25, 0.3) is 0 Å². The molecule has 0 atom stereocenters. The number of methoxy groups -OCH3 is 1. The van der Waals surface area contributed by atoms with Gasteiger partial charge in [0.15, 0.2) is 11.2 Å². The number of carbonyl (C=O) groups is 1. The summed E-state index contributed by atoms with van der Waals surface area (Å²) in [5.74, 6) is 0.452. The van der Waals surface area contributed by atoms with E-state index in [1.165, 1.54) is 7.11 Å². The molecule has 0 saturated carbocycles. The van der Waals surface area contributed by atoms with Gasteiger partial charge in [-0.2, -0.15) is 10.2 Å². The number of hydrogen-bond donors (Lipinski definition) is 1. The minimum Gasteiger partial charge on any atom is -0.495 e. The Morgan fingerprint density at radius 1 is 1.43 bits per heavy atom. The van der Waals surface area contributed by atoms with Crippen molar-refractivity contribution in [3.8, 4) is 23.3 Å². The van der Waals surface area contributed by atoms with Crippen LogP contribution in [0.1, 0.15) is 6.42 Å². The number of pyridine rings is 1. The molecule has 23 heavy (non-hydrogen) atoms. The smallest absolute Gasteiger partial charge is 0.238 e. The van der Waals surface area contributed by atoms with E-state index in [2.05, 4.69) is 15.3 Å². The maximum Gasteiger partial charge on any atom is 0.238 e. The third kappa shape index (κ3) is 2.96. The van der Waals surface area contributed by atoms with Crippen LogP contribution in [0.5, 0.6) is 5.75 Å². The number of nitrogens with one attached hydrogen (secondary N) is 1. The second kappa shape index (κ2) is 6.15. The third-order valence-electron chi connectivity index (χ3n) is 3.13. The zero-order valence-corrected chi connectivity index (χ0v) is 12.2. The van der Waals surface area contributed by atoms with Crippen molar-refractivity contribution >= 4 is 22.8 Å². The number of aromatic nitrogens is 2. The number of oxazole rings is 1. The van der Waals surface area contributed by atoms with Gasteiger partial charge in [0, 0.05) is 11.8 Å². The number of benzene rings is 1. The number of ether oxygens (including phenoxy) is 1. The van der Waals surface area contributed by atoms with Gasteiger partial charge in [-0.3, -0.25) is 4.79 Å². The highest BCUT2D eigenvalue weighted by atomic mass is 16.5. The fourth-order valence-corrected chi connectivity index (χ4v) is 2.10. The molecule has 0 bridgehead atoms. The normalized spacial score (nSPS) is 10.3. The van der Waals surface area contributed by atoms with Crippen LogP contribution in [0.4, 0.5) is 5.69 Å². The van der Waals surface area contributed by atoms with Gasteiger partial charge >= 0.3 is 0 Å². The highest BCUT2D eigenvalue weighted by Crippen LogP contribution is 2.31. The molecule has 0 aliphatic rings. The van der Waals surface area contributed by atoms with E-state index in [9.17, 15) is 4.79 Å². The van der Waals surface area contributed by atoms with Crippen molar-refractivity contribution in [1.82, 2.24) is 9.97 Å². The van der Waals surface area contributed by atoms with Crippen LogP contribution in [0, 0.1) is 11.3 Å². The number of anilines is 1. The molecule has 0 saturated heterocycles. The Labute approximate surface area is 131 Å². The summed E-state index contributed by atoms with van der Waals surface area (Å²) >= 11 is 0. The van der Waals surface area contributed by atoms with E-state index in [0.717, 1.165) is 0 Å². The molecule has 1 N–H and O–H groups in total. The fourth-order valence-electron chi connectivity index (χ4n) is 2.10. The van der Waals surface area contributed by atoms with E-state index < -0.39 is 5.91 Å². The van der Waals surface area contributed by atoms with Crippen molar-refractivity contribution in [2.75, 3.05) is 12.4 Å². The van der Waals surface area contributed by atoms with Crippen molar-refractivity contribution in [2.24, 2.45) is 0 Å². The lowest BCUT2D eigenvalue weighted by Crippen LogP contribution is -2.11. The molecule has 0 unspecified atom stereocenters. The summed E-state index contributed by atoms with van der Waals surface area (Å²) in [6.45, 7) is 0. The predicted octanol–water partition coefficient (Wildman–Crippen LogP) is 2.75. The Hall–Kier alpha value is -3.40. The Kier molecular flexibility index (Phi) is 3.89. The number of hydrogen-bond acceptors (Lipinski definition) is 6. The minimum atomic E-state index is -0.415. The number of rotatable bonds is 4. The van der Waals surface area contributed by atoms with E-state index in [0.29, 0.717) is 34.1 Å². The third-order valence-corrected chi connectivity index (χ3v) is 3.13. The largest absolute Gasteiger partial charge is 0.495 e. The van der Waals surface area contributed by atoms with Crippen molar-refractivity contribution < 1.29 is 13.9 Å². The molecule has 0 radical (unpaired) electrons. The van der Waals surface area contributed by atoms with Crippen LogP contribution < -0.4 is 10.1 Å². The molecule has 114 valence electrons. The second-order valence-electron chi connectivity index (χ2n) is 4.64. The van der Waals surface area contributed by atoms with E-state index in [4.69, 9.17) is 14.4 Å². The summed E-state index contributed by atoms with van der Waals surface area (Å²) in [7, 11) is 1.50. The summed E-state index contributed by atoms with van der Waals surface area (Å²) in [5, 5.41) is 11.2. The van der Waals surface area contributed by atoms with E-state index in [1.807, 2.05) is 0 Å². The van der Waals surface area contributed by atoms with E-state index >= 15 is 0 Å². The van der Waals surface area contributed by atoms with Crippen molar-refractivity contribution in [1.29, 1.82) is 5.26 Å². The molecule has 0 fully saturated rings. The quantitative estimate of drug-likeness (QED) is 0.795. The summed E-state index contributed by atoms with van der Waals surface area (Å²) in [6.07, 6.45) is 1.40. The Bertz CT molecular complexity index is 878. The molecule has 0 aliphatic carbocycles. The van der Waals surface area contributed by atoms with Crippen LogP contribution in [-0.4, -0.2) is 23.0 Å². The van der Waals surface area contributed by atoms with Gasteiger partial charge in [-0.25, -0.2) is 4.98 Å². The first-order valence-electron chi connectivity index (χ1n) is 6.78. The van der Waals surface area contributed by atoms with Gasteiger partial charge in [0.05, 0.1) is 18.9 Å². The van der Waals surface area contributed by atoms with Crippen molar-refractivity contribution in [3.63, 3.8) is 0 Å². The van der Waals surface area contributed by atoms with Crippen LogP contribution in [0.3, 0.4) is 0 Å². The van der Waals surface area contributed by atoms with Crippen molar-refractivity contribution in [2.45, 2.75) is 6.42 Å². The first-order chi connectivity index (χ1) is 11.2.